The van der Waals surface area contributed by atoms with E-state index in [1.165, 1.54) is 82.1 Å². The highest BCUT2D eigenvalue weighted by Crippen LogP contribution is 2.42. The molecule has 0 spiro atoms. The fourth-order valence-corrected chi connectivity index (χ4v) is 8.45. The van der Waals surface area contributed by atoms with Crippen LogP contribution < -0.4 is 5.73 Å². The monoisotopic (exact) mass is 718 g/mol. The minimum absolute atomic E-state index is 0.466. The van der Waals surface area contributed by atoms with E-state index < -0.39 is 0 Å². The van der Waals surface area contributed by atoms with Gasteiger partial charge in [0.05, 0.1) is 27.8 Å². The van der Waals surface area contributed by atoms with Crippen molar-refractivity contribution in [2.75, 3.05) is 5.73 Å². The fraction of sp³-hybridized carbons (Fsp3) is 0.0192. The van der Waals surface area contributed by atoms with Crippen molar-refractivity contribution in [3.63, 3.8) is 0 Å². The number of hydrogen-bond acceptors (Lipinski definition) is 2. The minimum atomic E-state index is 0.466. The Morgan fingerprint density at radius 3 is 1.66 bits per heavy atom. The van der Waals surface area contributed by atoms with E-state index in [9.17, 15) is 0 Å². The van der Waals surface area contributed by atoms with E-state index in [4.69, 9.17) is 11.1 Å². The van der Waals surface area contributed by atoms with Crippen molar-refractivity contribution in [1.82, 2.24) is 9.13 Å². The average Bonchev–Trinajstić information content (AvgIpc) is 3.78. The molecule has 4 heteroatoms. The molecule has 0 fully saturated rings. The number of nitrogens with two attached hydrogens (primary N) is 1. The summed E-state index contributed by atoms with van der Waals surface area (Å²) < 4.78 is 4.84. The molecule has 0 saturated heterocycles. The Labute approximate surface area is 324 Å². The second-order valence-corrected chi connectivity index (χ2v) is 14.4. The topological polar surface area (TPSA) is 59.7 Å². The van der Waals surface area contributed by atoms with Gasteiger partial charge < -0.3 is 14.9 Å². The quantitative estimate of drug-likeness (QED) is 0.106. The van der Waals surface area contributed by atoms with E-state index in [0.29, 0.717) is 11.4 Å². The Morgan fingerprint density at radius 1 is 0.411 bits per heavy atom. The smallest absolute Gasteiger partial charge is 0.0705 e. The lowest BCUT2D eigenvalue weighted by Gasteiger charge is -2.12. The number of aryl methyl sites for hydroxylation is 1. The molecule has 56 heavy (non-hydrogen) atoms. The highest BCUT2D eigenvalue weighted by atomic mass is 15.0. The number of para-hydroxylation sites is 4. The van der Waals surface area contributed by atoms with Crippen LogP contribution in [0.3, 0.4) is 0 Å². The molecule has 0 aliphatic rings. The average molecular weight is 719 g/mol. The number of fused-ring (bicyclic) bond motifs is 11. The summed E-state index contributed by atoms with van der Waals surface area (Å²) in [5, 5.41) is 18.3. The standard InChI is InChI=1S/C39H26N2.C13H12N2/c1-25-15-17-27(18-16-25)40-36-14-8-6-12-34(36)38-31-20-22-32-29(28(31)23-24-37(38)40)19-21-33-30-11-5-7-13-35(30)41(39(32)33)26-9-3-2-4-10-26;14-12-9-5-4-8-11(12)13(15)10-6-2-1-3-7-10/h2-24H,1H3;1-9,15H,14H2. The van der Waals surface area contributed by atoms with Crippen molar-refractivity contribution < 1.29 is 0 Å². The molecule has 0 aliphatic carbocycles. The van der Waals surface area contributed by atoms with Crippen LogP contribution in [0.15, 0.2) is 194 Å². The van der Waals surface area contributed by atoms with Crippen LogP contribution in [0.1, 0.15) is 16.7 Å². The molecule has 3 N–H and O–H groups in total. The van der Waals surface area contributed by atoms with Crippen LogP contribution in [0.25, 0.3) is 76.5 Å². The number of nitrogen functional groups attached to an aromatic ring is 1. The second kappa shape index (κ2) is 13.5. The van der Waals surface area contributed by atoms with Gasteiger partial charge in [-0.25, -0.2) is 0 Å². The van der Waals surface area contributed by atoms with Gasteiger partial charge in [-0.2, -0.15) is 0 Å². The van der Waals surface area contributed by atoms with Crippen LogP contribution >= 0.6 is 0 Å². The van der Waals surface area contributed by atoms with Crippen molar-refractivity contribution >= 4 is 76.6 Å². The summed E-state index contributed by atoms with van der Waals surface area (Å²) in [6.07, 6.45) is 0. The van der Waals surface area contributed by atoms with Crippen molar-refractivity contribution in [3.05, 3.63) is 211 Å². The number of benzene rings is 9. The first kappa shape index (κ1) is 33.2. The molecule has 2 aromatic heterocycles. The Bertz CT molecular complexity index is 3260. The molecular weight excluding hydrogens is 681 g/mol. The molecule has 11 rings (SSSR count). The molecule has 0 radical (unpaired) electrons. The molecular formula is C52H38N4. The Hall–Kier alpha value is -7.43. The molecule has 0 bridgehead atoms. The molecule has 4 nitrogen and oxygen atoms in total. The van der Waals surface area contributed by atoms with Gasteiger partial charge in [-0.3, -0.25) is 5.41 Å². The third kappa shape index (κ3) is 5.34. The van der Waals surface area contributed by atoms with Crippen LogP contribution in [0.4, 0.5) is 5.69 Å². The predicted molar refractivity (Wildman–Crippen MR) is 238 cm³/mol. The van der Waals surface area contributed by atoms with Crippen molar-refractivity contribution in [3.8, 4) is 11.4 Å². The van der Waals surface area contributed by atoms with Crippen molar-refractivity contribution in [1.29, 1.82) is 5.41 Å². The maximum Gasteiger partial charge on any atom is 0.0705 e. The summed E-state index contributed by atoms with van der Waals surface area (Å²) in [7, 11) is 0. The van der Waals surface area contributed by atoms with Crippen LogP contribution in [-0.4, -0.2) is 14.8 Å². The SMILES string of the molecule is Cc1ccc(-n2c3ccccc3c3c4ccc5c(ccc6c7ccccc7n(-c7ccccc7)c56)c4ccc32)cc1.N=C(c1ccccc1)c1ccccc1N. The molecule has 266 valence electrons. The van der Waals surface area contributed by atoms with Crippen molar-refractivity contribution in [2.24, 2.45) is 0 Å². The van der Waals surface area contributed by atoms with Crippen LogP contribution in [0.5, 0.6) is 0 Å². The first-order valence-electron chi connectivity index (χ1n) is 19.0. The molecule has 0 saturated carbocycles. The zero-order chi connectivity index (χ0) is 37.8. The Morgan fingerprint density at radius 2 is 0.929 bits per heavy atom. The second-order valence-electron chi connectivity index (χ2n) is 14.4. The lowest BCUT2D eigenvalue weighted by molar-refractivity contribution is 1.18. The Balaban J connectivity index is 0.000000216. The normalized spacial score (nSPS) is 11.4. The summed E-state index contributed by atoms with van der Waals surface area (Å²) in [5.41, 5.74) is 17.2. The summed E-state index contributed by atoms with van der Waals surface area (Å²) in [4.78, 5) is 0. The molecule has 0 aliphatic heterocycles. The van der Waals surface area contributed by atoms with Gasteiger partial charge >= 0.3 is 0 Å². The largest absolute Gasteiger partial charge is 0.398 e. The summed E-state index contributed by atoms with van der Waals surface area (Å²) >= 11 is 0. The number of rotatable bonds is 4. The molecule has 9 aromatic carbocycles. The van der Waals surface area contributed by atoms with Gasteiger partial charge in [-0.1, -0.05) is 151 Å². The molecule has 0 unspecified atom stereocenters. The summed E-state index contributed by atoms with van der Waals surface area (Å²) in [5.74, 6) is 0. The zero-order valence-corrected chi connectivity index (χ0v) is 30.9. The third-order valence-electron chi connectivity index (χ3n) is 11.1. The summed E-state index contributed by atoms with van der Waals surface area (Å²) in [6, 6.07) is 68.2. The number of anilines is 1. The highest BCUT2D eigenvalue weighted by Gasteiger charge is 2.19. The molecule has 11 aromatic rings. The predicted octanol–water partition coefficient (Wildman–Crippen LogP) is 13.2. The van der Waals surface area contributed by atoms with E-state index in [2.05, 4.69) is 156 Å². The van der Waals surface area contributed by atoms with Gasteiger partial charge in [0.1, 0.15) is 0 Å². The number of nitrogens with zero attached hydrogens (tertiary/aromatic N) is 2. The highest BCUT2D eigenvalue weighted by molar-refractivity contribution is 6.29. The third-order valence-corrected chi connectivity index (χ3v) is 11.1. The molecule has 2 heterocycles. The van der Waals surface area contributed by atoms with Crippen LogP contribution in [0.2, 0.25) is 0 Å². The van der Waals surface area contributed by atoms with E-state index in [1.807, 2.05) is 54.6 Å². The van der Waals surface area contributed by atoms with Gasteiger partial charge in [0, 0.05) is 55.1 Å². The maximum absolute atomic E-state index is 8.03. The minimum Gasteiger partial charge on any atom is -0.398 e. The first-order valence-corrected chi connectivity index (χ1v) is 19.0. The van der Waals surface area contributed by atoms with Crippen LogP contribution in [-0.2, 0) is 0 Å². The maximum atomic E-state index is 8.03. The van der Waals surface area contributed by atoms with Gasteiger partial charge in [-0.05, 0) is 71.6 Å². The lowest BCUT2D eigenvalue weighted by atomic mass is 9.96. The Kier molecular flexibility index (Phi) is 7.97. The van der Waals surface area contributed by atoms with E-state index in [-0.39, 0.29) is 0 Å². The van der Waals surface area contributed by atoms with E-state index in [1.54, 1.807) is 0 Å². The molecule has 0 amide bonds. The van der Waals surface area contributed by atoms with Gasteiger partial charge in [0.2, 0.25) is 0 Å². The van der Waals surface area contributed by atoms with Crippen LogP contribution in [0, 0.1) is 12.3 Å². The number of nitrogens with one attached hydrogen (secondary N) is 1. The van der Waals surface area contributed by atoms with Crippen molar-refractivity contribution in [2.45, 2.75) is 6.92 Å². The number of hydrogen-bond donors (Lipinski definition) is 2. The molecule has 0 atom stereocenters. The van der Waals surface area contributed by atoms with Gasteiger partial charge in [-0.15, -0.1) is 0 Å². The van der Waals surface area contributed by atoms with E-state index in [0.717, 1.165) is 11.1 Å². The number of aromatic nitrogens is 2. The van der Waals surface area contributed by atoms with Gasteiger partial charge in [0.15, 0.2) is 0 Å². The van der Waals surface area contributed by atoms with E-state index >= 15 is 0 Å². The van der Waals surface area contributed by atoms with Gasteiger partial charge in [0.25, 0.3) is 0 Å². The summed E-state index contributed by atoms with van der Waals surface area (Å²) in [6.45, 7) is 2.14. The fourth-order valence-electron chi connectivity index (χ4n) is 8.45. The zero-order valence-electron chi connectivity index (χ0n) is 30.9. The lowest BCUT2D eigenvalue weighted by Crippen LogP contribution is -2.04. The first-order chi connectivity index (χ1) is 27.6.